The molecule has 3 rings (SSSR count). The molecule has 0 amide bonds. The minimum absolute atomic E-state index is 0.508. The summed E-state index contributed by atoms with van der Waals surface area (Å²) in [6.45, 7) is 2.62. The molecule has 0 bridgehead atoms. The lowest BCUT2D eigenvalue weighted by Gasteiger charge is -2.48. The molecule has 2 nitrogen and oxygen atoms in total. The zero-order valence-electron chi connectivity index (χ0n) is 8.45. The van der Waals surface area contributed by atoms with E-state index in [0.29, 0.717) is 5.54 Å². The molecule has 14 heavy (non-hydrogen) atoms. The van der Waals surface area contributed by atoms with Crippen LogP contribution < -0.4 is 0 Å². The third-order valence-corrected chi connectivity index (χ3v) is 3.82. The number of fused-ring (bicyclic) bond motifs is 1. The van der Waals surface area contributed by atoms with Crippen molar-refractivity contribution in [1.82, 2.24) is 9.88 Å². The van der Waals surface area contributed by atoms with Crippen LogP contribution >= 0.6 is 0 Å². The number of hydrogen-bond donors (Lipinski definition) is 0. The van der Waals surface area contributed by atoms with Crippen LogP contribution in [0.5, 0.6) is 0 Å². The summed E-state index contributed by atoms with van der Waals surface area (Å²) in [7, 11) is 0. The minimum Gasteiger partial charge on any atom is -0.297 e. The van der Waals surface area contributed by atoms with Gasteiger partial charge < -0.3 is 0 Å². The highest BCUT2D eigenvalue weighted by atomic mass is 15.3. The van der Waals surface area contributed by atoms with E-state index in [9.17, 15) is 0 Å². The van der Waals surface area contributed by atoms with Crippen LogP contribution in [0.1, 0.15) is 25.0 Å². The lowest BCUT2D eigenvalue weighted by molar-refractivity contribution is 0.0272. The third kappa shape index (κ3) is 1.17. The topological polar surface area (TPSA) is 16.1 Å². The van der Waals surface area contributed by atoms with Gasteiger partial charge in [0.2, 0.25) is 0 Å². The molecule has 2 aliphatic heterocycles. The van der Waals surface area contributed by atoms with E-state index in [-0.39, 0.29) is 0 Å². The van der Waals surface area contributed by atoms with Crippen LogP contribution in [0.2, 0.25) is 0 Å². The Morgan fingerprint density at radius 2 is 2.29 bits per heavy atom. The summed E-state index contributed by atoms with van der Waals surface area (Å²) in [5.41, 5.74) is 1.77. The molecule has 0 radical (unpaired) electrons. The maximum atomic E-state index is 4.43. The molecule has 1 atom stereocenters. The van der Waals surface area contributed by atoms with E-state index < -0.39 is 0 Å². The van der Waals surface area contributed by atoms with Gasteiger partial charge in [-0.05, 0) is 37.9 Å². The Morgan fingerprint density at radius 3 is 2.93 bits per heavy atom. The van der Waals surface area contributed by atoms with Gasteiger partial charge >= 0.3 is 0 Å². The highest BCUT2D eigenvalue weighted by Crippen LogP contribution is 2.42. The van der Waals surface area contributed by atoms with E-state index in [0.717, 1.165) is 6.42 Å². The monoisotopic (exact) mass is 188 g/mol. The van der Waals surface area contributed by atoms with Gasteiger partial charge in [-0.3, -0.25) is 9.88 Å². The van der Waals surface area contributed by atoms with Gasteiger partial charge in [0, 0.05) is 30.4 Å². The molecule has 1 aromatic heterocycles. The van der Waals surface area contributed by atoms with Gasteiger partial charge in [-0.25, -0.2) is 0 Å². The van der Waals surface area contributed by atoms with E-state index in [1.807, 2.05) is 12.3 Å². The zero-order valence-corrected chi connectivity index (χ0v) is 8.45. The van der Waals surface area contributed by atoms with Gasteiger partial charge in [0.05, 0.1) is 0 Å². The smallest absolute Gasteiger partial charge is 0.0422 e. The van der Waals surface area contributed by atoms with Crippen molar-refractivity contribution in [3.05, 3.63) is 30.1 Å². The summed E-state index contributed by atoms with van der Waals surface area (Å²) in [6.07, 6.45) is 7.21. The Balaban J connectivity index is 1.78. The summed E-state index contributed by atoms with van der Waals surface area (Å²) >= 11 is 0. The van der Waals surface area contributed by atoms with Gasteiger partial charge in [-0.15, -0.1) is 0 Å². The molecule has 2 saturated heterocycles. The highest BCUT2D eigenvalue weighted by Gasteiger charge is 2.47. The van der Waals surface area contributed by atoms with E-state index in [4.69, 9.17) is 0 Å². The quantitative estimate of drug-likeness (QED) is 0.704. The number of rotatable bonds is 2. The Hall–Kier alpha value is -0.890. The Labute approximate surface area is 85.0 Å². The first-order valence-electron chi connectivity index (χ1n) is 5.54. The van der Waals surface area contributed by atoms with Crippen molar-refractivity contribution in [2.45, 2.75) is 31.2 Å². The molecule has 1 aromatic rings. The van der Waals surface area contributed by atoms with Gasteiger partial charge in [0.1, 0.15) is 0 Å². The van der Waals surface area contributed by atoms with Crippen LogP contribution in [-0.2, 0) is 6.42 Å². The second-order valence-corrected chi connectivity index (χ2v) is 4.56. The second kappa shape index (κ2) is 3.06. The lowest BCUT2D eigenvalue weighted by atomic mass is 9.81. The Morgan fingerprint density at radius 1 is 1.29 bits per heavy atom. The summed E-state index contributed by atoms with van der Waals surface area (Å²) < 4.78 is 0. The molecule has 2 heteroatoms. The molecule has 2 aliphatic rings. The van der Waals surface area contributed by atoms with Crippen molar-refractivity contribution in [2.24, 2.45) is 0 Å². The fourth-order valence-corrected chi connectivity index (χ4v) is 2.95. The van der Waals surface area contributed by atoms with Crippen molar-refractivity contribution >= 4 is 0 Å². The van der Waals surface area contributed by atoms with E-state index in [1.54, 1.807) is 0 Å². The lowest BCUT2D eigenvalue weighted by Crippen LogP contribution is -2.56. The Kier molecular flexibility index (Phi) is 1.84. The standard InChI is InChI=1S/C12H16N2/c1-2-7-13-11(4-1)10-12-5-3-8-14(12)9-6-12/h1-2,4,7H,3,5-6,8-10H2. The fraction of sp³-hybridized carbons (Fsp3) is 0.583. The first-order valence-corrected chi connectivity index (χ1v) is 5.54. The molecule has 0 aromatic carbocycles. The van der Waals surface area contributed by atoms with Crippen LogP contribution in [0.4, 0.5) is 0 Å². The molecule has 0 spiro atoms. The first-order chi connectivity index (χ1) is 6.89. The molecule has 74 valence electrons. The zero-order chi connectivity index (χ0) is 9.43. The fourth-order valence-electron chi connectivity index (χ4n) is 2.95. The van der Waals surface area contributed by atoms with Crippen LogP contribution in [0.25, 0.3) is 0 Å². The largest absolute Gasteiger partial charge is 0.297 e. The molecule has 0 saturated carbocycles. The predicted molar refractivity (Wildman–Crippen MR) is 56.1 cm³/mol. The molecule has 0 aliphatic carbocycles. The average Bonchev–Trinajstić information content (AvgIpc) is 2.47. The van der Waals surface area contributed by atoms with Crippen molar-refractivity contribution in [3.8, 4) is 0 Å². The van der Waals surface area contributed by atoms with Crippen molar-refractivity contribution in [3.63, 3.8) is 0 Å². The van der Waals surface area contributed by atoms with Gasteiger partial charge in [0.15, 0.2) is 0 Å². The molecule has 3 heterocycles. The van der Waals surface area contributed by atoms with Gasteiger partial charge in [0.25, 0.3) is 0 Å². The highest BCUT2D eigenvalue weighted by molar-refractivity contribution is 5.14. The maximum Gasteiger partial charge on any atom is 0.0422 e. The third-order valence-electron chi connectivity index (χ3n) is 3.82. The molecular formula is C12H16N2. The summed E-state index contributed by atoms with van der Waals surface area (Å²) in [5, 5.41) is 0. The molecule has 0 N–H and O–H groups in total. The second-order valence-electron chi connectivity index (χ2n) is 4.56. The van der Waals surface area contributed by atoms with Gasteiger partial charge in [-0.2, -0.15) is 0 Å². The van der Waals surface area contributed by atoms with Crippen LogP contribution in [0, 0.1) is 0 Å². The number of pyridine rings is 1. The van der Waals surface area contributed by atoms with E-state index in [1.165, 1.54) is 38.0 Å². The van der Waals surface area contributed by atoms with Crippen molar-refractivity contribution < 1.29 is 0 Å². The van der Waals surface area contributed by atoms with Crippen molar-refractivity contribution in [2.75, 3.05) is 13.1 Å². The molecular weight excluding hydrogens is 172 g/mol. The van der Waals surface area contributed by atoms with Crippen LogP contribution in [0.3, 0.4) is 0 Å². The maximum absolute atomic E-state index is 4.43. The summed E-state index contributed by atoms with van der Waals surface area (Å²) in [5.74, 6) is 0. The first kappa shape index (κ1) is 8.42. The van der Waals surface area contributed by atoms with Crippen LogP contribution in [0.15, 0.2) is 24.4 Å². The normalized spacial score (nSPS) is 31.1. The molecule has 2 fully saturated rings. The van der Waals surface area contributed by atoms with Gasteiger partial charge in [-0.1, -0.05) is 6.07 Å². The summed E-state index contributed by atoms with van der Waals surface area (Å²) in [6, 6.07) is 6.24. The minimum atomic E-state index is 0.508. The van der Waals surface area contributed by atoms with E-state index in [2.05, 4.69) is 22.0 Å². The number of nitrogens with zero attached hydrogens (tertiary/aromatic N) is 2. The van der Waals surface area contributed by atoms with Crippen molar-refractivity contribution in [1.29, 1.82) is 0 Å². The predicted octanol–water partition coefficient (Wildman–Crippen LogP) is 1.86. The van der Waals surface area contributed by atoms with Crippen LogP contribution in [-0.4, -0.2) is 28.5 Å². The number of aromatic nitrogens is 1. The molecule has 1 unspecified atom stereocenters. The summed E-state index contributed by atoms with van der Waals surface area (Å²) in [4.78, 5) is 7.07. The SMILES string of the molecule is c1ccc(CC23CCCN2CC3)nc1. The van der Waals surface area contributed by atoms with E-state index >= 15 is 0 Å². The average molecular weight is 188 g/mol. The number of hydrogen-bond acceptors (Lipinski definition) is 2. The Bertz CT molecular complexity index is 322.